The molecule has 1 fully saturated rings. The summed E-state index contributed by atoms with van der Waals surface area (Å²) in [5.74, 6) is 2.27. The van der Waals surface area contributed by atoms with E-state index >= 15 is 0 Å². The van der Waals surface area contributed by atoms with Crippen molar-refractivity contribution in [2.45, 2.75) is 50.2 Å². The predicted octanol–water partition coefficient (Wildman–Crippen LogP) is 7.67. The third-order valence-corrected chi connectivity index (χ3v) is 10.3. The number of nitrogens with zero attached hydrogens (tertiary/aromatic N) is 2. The SMILES string of the molecule is N#Cc1ccc2c(c1)COC2(CCCNCCCCN1CCC(c2ccc(F)cc2)[C@H](COc2ccc3c(c2)OCO3)C1)c1ccc(F)cc1. The maximum Gasteiger partial charge on any atom is 0.231 e. The third-order valence-electron chi connectivity index (χ3n) is 10.3. The van der Waals surface area contributed by atoms with Gasteiger partial charge in [0.1, 0.15) is 23.0 Å². The molecule has 260 valence electrons. The molecular formula is C41H43F2N3O4. The summed E-state index contributed by atoms with van der Waals surface area (Å²) < 4.78 is 51.3. The highest BCUT2D eigenvalue weighted by Gasteiger charge is 2.41. The Morgan fingerprint density at radius 3 is 2.48 bits per heavy atom. The van der Waals surface area contributed by atoms with E-state index in [1.807, 2.05) is 60.7 Å². The lowest BCUT2D eigenvalue weighted by atomic mass is 9.80. The van der Waals surface area contributed by atoms with E-state index in [0.717, 1.165) is 98.6 Å². The summed E-state index contributed by atoms with van der Waals surface area (Å²) in [6.07, 6.45) is 4.79. The van der Waals surface area contributed by atoms with Crippen LogP contribution in [0.15, 0.2) is 84.9 Å². The second-order valence-electron chi connectivity index (χ2n) is 13.5. The number of nitrogens with one attached hydrogen (secondary N) is 1. The van der Waals surface area contributed by atoms with Crippen LogP contribution in [-0.2, 0) is 16.9 Å². The molecule has 0 saturated carbocycles. The highest BCUT2D eigenvalue weighted by molar-refractivity contribution is 5.48. The highest BCUT2D eigenvalue weighted by Crippen LogP contribution is 2.45. The van der Waals surface area contributed by atoms with Crippen LogP contribution in [0.1, 0.15) is 65.8 Å². The molecule has 1 saturated heterocycles. The van der Waals surface area contributed by atoms with E-state index in [-0.39, 0.29) is 24.3 Å². The Labute approximate surface area is 292 Å². The Hall–Kier alpha value is -4.49. The second-order valence-corrected chi connectivity index (χ2v) is 13.5. The van der Waals surface area contributed by atoms with Gasteiger partial charge < -0.3 is 29.2 Å². The number of fused-ring (bicyclic) bond motifs is 2. The van der Waals surface area contributed by atoms with E-state index in [2.05, 4.69) is 16.3 Å². The first kappa shape index (κ1) is 34.0. The van der Waals surface area contributed by atoms with Gasteiger partial charge in [-0.15, -0.1) is 0 Å². The van der Waals surface area contributed by atoms with Crippen molar-refractivity contribution in [1.82, 2.24) is 10.2 Å². The van der Waals surface area contributed by atoms with E-state index in [9.17, 15) is 14.0 Å². The van der Waals surface area contributed by atoms with Crippen LogP contribution in [0.25, 0.3) is 0 Å². The van der Waals surface area contributed by atoms with Crippen molar-refractivity contribution >= 4 is 0 Å². The standard InChI is InChI=1S/C41H43F2N3O4/c42-34-9-5-30(6-10-34)37-16-21-46(25-32(37)26-47-36-13-15-39-40(23-36)49-28-48-39)20-2-1-18-45-19-3-17-41(33-7-11-35(43)12-8-33)38-14-4-29(24-44)22-31(38)27-50-41/h4-15,22-23,32,37,45H,1-3,16-21,25-28H2/t32-,37?,41?/m0/s1. The van der Waals surface area contributed by atoms with Gasteiger partial charge in [0, 0.05) is 18.5 Å². The highest BCUT2D eigenvalue weighted by atomic mass is 19.1. The Morgan fingerprint density at radius 1 is 0.880 bits per heavy atom. The summed E-state index contributed by atoms with van der Waals surface area (Å²) >= 11 is 0. The van der Waals surface area contributed by atoms with Gasteiger partial charge in [0.15, 0.2) is 11.5 Å². The Balaban J connectivity index is 0.885. The van der Waals surface area contributed by atoms with Crippen LogP contribution >= 0.6 is 0 Å². The number of hydrogen-bond donors (Lipinski definition) is 1. The Kier molecular flexibility index (Phi) is 10.6. The van der Waals surface area contributed by atoms with Gasteiger partial charge >= 0.3 is 0 Å². The maximum atomic E-state index is 13.8. The number of unbranched alkanes of at least 4 members (excludes halogenated alkanes) is 1. The summed E-state index contributed by atoms with van der Waals surface area (Å²) in [5, 5.41) is 13.0. The molecule has 1 N–H and O–H groups in total. The van der Waals surface area contributed by atoms with E-state index < -0.39 is 5.60 Å². The van der Waals surface area contributed by atoms with Crippen molar-refractivity contribution < 1.29 is 27.7 Å². The zero-order valence-electron chi connectivity index (χ0n) is 28.2. The molecule has 0 radical (unpaired) electrons. The van der Waals surface area contributed by atoms with Gasteiger partial charge in [-0.3, -0.25) is 0 Å². The quantitative estimate of drug-likeness (QED) is 0.137. The van der Waals surface area contributed by atoms with Crippen LogP contribution < -0.4 is 19.5 Å². The minimum Gasteiger partial charge on any atom is -0.493 e. The van der Waals surface area contributed by atoms with Crippen molar-refractivity contribution in [2.75, 3.05) is 46.1 Å². The molecule has 4 aromatic carbocycles. The van der Waals surface area contributed by atoms with Crippen LogP contribution in [0.5, 0.6) is 17.2 Å². The Morgan fingerprint density at radius 2 is 1.66 bits per heavy atom. The van der Waals surface area contributed by atoms with E-state index in [1.54, 1.807) is 12.1 Å². The lowest BCUT2D eigenvalue weighted by Crippen LogP contribution is -2.42. The number of halogens is 2. The lowest BCUT2D eigenvalue weighted by Gasteiger charge is -2.39. The number of ether oxygens (including phenoxy) is 4. The predicted molar refractivity (Wildman–Crippen MR) is 186 cm³/mol. The molecular weight excluding hydrogens is 636 g/mol. The van der Waals surface area contributed by atoms with Crippen molar-refractivity contribution in [3.63, 3.8) is 0 Å². The third kappa shape index (κ3) is 7.63. The molecule has 7 nitrogen and oxygen atoms in total. The molecule has 3 atom stereocenters. The van der Waals surface area contributed by atoms with Gasteiger partial charge in [0.05, 0.1) is 24.8 Å². The fraction of sp³-hybridized carbons (Fsp3) is 0.390. The summed E-state index contributed by atoms with van der Waals surface area (Å²) in [7, 11) is 0. The largest absolute Gasteiger partial charge is 0.493 e. The maximum absolute atomic E-state index is 13.8. The van der Waals surface area contributed by atoms with E-state index in [1.165, 1.54) is 12.1 Å². The number of benzene rings is 4. The molecule has 3 heterocycles. The van der Waals surface area contributed by atoms with Crippen LogP contribution in [-0.4, -0.2) is 51.0 Å². The molecule has 0 amide bonds. The number of piperidine rings is 1. The van der Waals surface area contributed by atoms with Gasteiger partial charge in [-0.2, -0.15) is 5.26 Å². The van der Waals surface area contributed by atoms with Crippen molar-refractivity contribution in [2.24, 2.45) is 5.92 Å². The number of rotatable bonds is 14. The monoisotopic (exact) mass is 679 g/mol. The molecule has 2 unspecified atom stereocenters. The first-order chi connectivity index (χ1) is 24.5. The van der Waals surface area contributed by atoms with Gasteiger partial charge in [0.2, 0.25) is 6.79 Å². The first-order valence-electron chi connectivity index (χ1n) is 17.7. The molecule has 3 aliphatic rings. The summed E-state index contributed by atoms with van der Waals surface area (Å²) in [4.78, 5) is 2.53. The molecule has 3 aliphatic heterocycles. The van der Waals surface area contributed by atoms with Gasteiger partial charge in [0.25, 0.3) is 0 Å². The van der Waals surface area contributed by atoms with Gasteiger partial charge in [-0.1, -0.05) is 30.3 Å². The summed E-state index contributed by atoms with van der Waals surface area (Å²) in [5.41, 5.74) is 4.14. The number of nitriles is 1. The van der Waals surface area contributed by atoms with Crippen molar-refractivity contribution in [1.29, 1.82) is 5.26 Å². The zero-order valence-corrected chi connectivity index (χ0v) is 28.2. The van der Waals surface area contributed by atoms with Crippen molar-refractivity contribution in [3.8, 4) is 23.3 Å². The summed E-state index contributed by atoms with van der Waals surface area (Å²) in [6.45, 7) is 5.93. The normalized spacial score (nSPS) is 21.1. The van der Waals surface area contributed by atoms with E-state index in [4.69, 9.17) is 18.9 Å². The fourth-order valence-electron chi connectivity index (χ4n) is 7.74. The second kappa shape index (κ2) is 15.6. The molecule has 0 spiro atoms. The number of likely N-dealkylation sites (tertiary alicyclic amines) is 1. The van der Waals surface area contributed by atoms with Crippen LogP contribution in [0.4, 0.5) is 8.78 Å². The smallest absolute Gasteiger partial charge is 0.231 e. The Bertz CT molecular complexity index is 1800. The molecule has 50 heavy (non-hydrogen) atoms. The molecule has 0 aliphatic carbocycles. The zero-order chi connectivity index (χ0) is 34.3. The van der Waals surface area contributed by atoms with E-state index in [0.29, 0.717) is 30.4 Å². The van der Waals surface area contributed by atoms with Gasteiger partial charge in [-0.05, 0) is 135 Å². The van der Waals surface area contributed by atoms with Crippen LogP contribution in [0, 0.1) is 28.9 Å². The topological polar surface area (TPSA) is 76.0 Å². The minimum atomic E-state index is -0.651. The average molecular weight is 680 g/mol. The fourth-order valence-corrected chi connectivity index (χ4v) is 7.74. The van der Waals surface area contributed by atoms with Crippen LogP contribution in [0.2, 0.25) is 0 Å². The summed E-state index contributed by atoms with van der Waals surface area (Å²) in [6, 6.07) is 27.2. The molecule has 0 bridgehead atoms. The van der Waals surface area contributed by atoms with Crippen LogP contribution in [0.3, 0.4) is 0 Å². The minimum absolute atomic E-state index is 0.215. The lowest BCUT2D eigenvalue weighted by molar-refractivity contribution is -0.0129. The molecule has 9 heteroatoms. The number of hydrogen-bond acceptors (Lipinski definition) is 7. The molecule has 0 aromatic heterocycles. The average Bonchev–Trinajstić information content (AvgIpc) is 3.77. The molecule has 4 aromatic rings. The molecule has 7 rings (SSSR count). The van der Waals surface area contributed by atoms with Crippen molar-refractivity contribution in [3.05, 3.63) is 124 Å². The van der Waals surface area contributed by atoms with Gasteiger partial charge in [-0.25, -0.2) is 8.78 Å². The first-order valence-corrected chi connectivity index (χ1v) is 17.7.